The van der Waals surface area contributed by atoms with E-state index >= 15 is 0 Å². The Morgan fingerprint density at radius 2 is 2.35 bits per heavy atom. The fourth-order valence-corrected chi connectivity index (χ4v) is 3.57. The molecule has 7 heteroatoms. The molecular weight excluding hydrogens is 334 g/mol. The Hall–Kier alpha value is -2.25. The van der Waals surface area contributed by atoms with Gasteiger partial charge in [0.05, 0.1) is 6.04 Å². The van der Waals surface area contributed by atoms with E-state index in [9.17, 15) is 4.79 Å². The highest BCUT2D eigenvalue weighted by molar-refractivity contribution is 5.63. The second-order valence-corrected chi connectivity index (χ2v) is 6.87. The fraction of sp³-hybridized carbons (Fsp3) is 0.526. The van der Waals surface area contributed by atoms with Crippen LogP contribution in [0.25, 0.3) is 0 Å². The van der Waals surface area contributed by atoms with E-state index in [1.165, 1.54) is 11.8 Å². The van der Waals surface area contributed by atoms with Crippen molar-refractivity contribution in [3.05, 3.63) is 48.3 Å². The summed E-state index contributed by atoms with van der Waals surface area (Å²) in [6.07, 6.45) is 15.3. The molecule has 2 aliphatic heterocycles. The molecule has 26 heavy (non-hydrogen) atoms. The topological polar surface area (TPSA) is 83.1 Å². The summed E-state index contributed by atoms with van der Waals surface area (Å²) in [6.45, 7) is 2.28. The minimum absolute atomic E-state index is 0.0421. The zero-order chi connectivity index (χ0) is 18.2. The number of rotatable bonds is 7. The zero-order valence-electron chi connectivity index (χ0n) is 14.9. The van der Waals surface area contributed by atoms with Gasteiger partial charge in [-0.05, 0) is 44.6 Å². The molecule has 0 aromatic rings. The first kappa shape index (κ1) is 18.5. The lowest BCUT2D eigenvalue weighted by atomic mass is 9.95. The SMILES string of the molecule is O=C(O)NN1CCCC(CNC(CC2=CC=CCC2)C2=COC=CO2)C1. The second kappa shape index (κ2) is 9.45. The summed E-state index contributed by atoms with van der Waals surface area (Å²) in [4.78, 5) is 10.8. The Morgan fingerprint density at radius 3 is 3.08 bits per heavy atom. The maximum absolute atomic E-state index is 10.8. The smallest absolute Gasteiger partial charge is 0.419 e. The Bertz CT molecular complexity index is 612. The Morgan fingerprint density at radius 1 is 1.42 bits per heavy atom. The van der Waals surface area contributed by atoms with Gasteiger partial charge in [0.1, 0.15) is 18.8 Å². The summed E-state index contributed by atoms with van der Waals surface area (Å²) < 4.78 is 10.9. The molecule has 2 unspecified atom stereocenters. The van der Waals surface area contributed by atoms with Crippen LogP contribution in [0.1, 0.15) is 32.1 Å². The van der Waals surface area contributed by atoms with Crippen molar-refractivity contribution in [1.82, 2.24) is 15.8 Å². The third kappa shape index (κ3) is 5.64. The minimum atomic E-state index is -1.00. The number of carbonyl (C=O) groups is 1. The van der Waals surface area contributed by atoms with Crippen LogP contribution in [0.15, 0.2) is 48.3 Å². The molecule has 0 spiro atoms. The van der Waals surface area contributed by atoms with E-state index in [2.05, 4.69) is 29.0 Å². The fourth-order valence-electron chi connectivity index (χ4n) is 3.57. The Labute approximate surface area is 154 Å². The number of piperidine rings is 1. The van der Waals surface area contributed by atoms with E-state index in [-0.39, 0.29) is 6.04 Å². The molecule has 0 aromatic carbocycles. The standard InChI is InChI=1S/C19H27N3O4/c23-19(24)21-22-8-4-7-16(13-22)12-20-17(18-14-25-9-10-26-18)11-15-5-2-1-3-6-15/h1-2,5,9-10,14,16-17,20-21H,3-4,6-8,11-13H2,(H,23,24). The molecule has 3 rings (SSSR count). The number of carboxylic acid groups (broad SMARTS) is 1. The molecule has 1 saturated heterocycles. The summed E-state index contributed by atoms with van der Waals surface area (Å²) in [5.74, 6) is 1.17. The molecule has 1 aliphatic carbocycles. The maximum atomic E-state index is 10.8. The summed E-state index contributed by atoms with van der Waals surface area (Å²) in [5.41, 5.74) is 3.86. The molecule has 142 valence electrons. The van der Waals surface area contributed by atoms with Gasteiger partial charge < -0.3 is 19.9 Å². The molecule has 7 nitrogen and oxygen atoms in total. The number of nitrogens with zero attached hydrogens (tertiary/aromatic N) is 1. The number of nitrogens with one attached hydrogen (secondary N) is 2. The highest BCUT2D eigenvalue weighted by Crippen LogP contribution is 2.23. The van der Waals surface area contributed by atoms with Gasteiger partial charge in [-0.1, -0.05) is 23.8 Å². The summed E-state index contributed by atoms with van der Waals surface area (Å²) in [5, 5.41) is 14.3. The van der Waals surface area contributed by atoms with Crippen molar-refractivity contribution in [3.8, 4) is 0 Å². The Balaban J connectivity index is 1.56. The number of hydrogen-bond acceptors (Lipinski definition) is 5. The van der Waals surface area contributed by atoms with Crippen LogP contribution in [-0.4, -0.2) is 41.9 Å². The summed E-state index contributed by atoms with van der Waals surface area (Å²) in [7, 11) is 0. The number of hydrogen-bond donors (Lipinski definition) is 3. The van der Waals surface area contributed by atoms with Crippen molar-refractivity contribution < 1.29 is 19.4 Å². The lowest BCUT2D eigenvalue weighted by Crippen LogP contribution is -2.49. The minimum Gasteiger partial charge on any atom is -0.466 e. The predicted octanol–water partition coefficient (Wildman–Crippen LogP) is 2.87. The Kier molecular flexibility index (Phi) is 6.74. The largest absolute Gasteiger partial charge is 0.466 e. The van der Waals surface area contributed by atoms with Gasteiger partial charge in [-0.25, -0.2) is 9.80 Å². The van der Waals surface area contributed by atoms with E-state index in [0.29, 0.717) is 12.5 Å². The van der Waals surface area contributed by atoms with Gasteiger partial charge in [0.15, 0.2) is 5.76 Å². The van der Waals surface area contributed by atoms with Crippen molar-refractivity contribution in [2.45, 2.75) is 38.1 Å². The first-order chi connectivity index (χ1) is 12.7. The molecule has 3 N–H and O–H groups in total. The summed E-state index contributed by atoms with van der Waals surface area (Å²) in [6, 6.07) is 0.0421. The van der Waals surface area contributed by atoms with Gasteiger partial charge in [-0.2, -0.15) is 0 Å². The number of amides is 1. The molecule has 3 aliphatic rings. The molecule has 1 amide bonds. The van der Waals surface area contributed by atoms with Crippen molar-refractivity contribution in [2.75, 3.05) is 19.6 Å². The second-order valence-electron chi connectivity index (χ2n) is 6.87. The highest BCUT2D eigenvalue weighted by Gasteiger charge is 2.24. The summed E-state index contributed by atoms with van der Waals surface area (Å²) >= 11 is 0. The van der Waals surface area contributed by atoms with Gasteiger partial charge in [-0.3, -0.25) is 5.43 Å². The van der Waals surface area contributed by atoms with Crippen molar-refractivity contribution in [3.63, 3.8) is 0 Å². The normalized spacial score (nSPS) is 24.1. The van der Waals surface area contributed by atoms with Crippen molar-refractivity contribution >= 4 is 6.09 Å². The van der Waals surface area contributed by atoms with Crippen molar-refractivity contribution in [1.29, 1.82) is 0 Å². The molecule has 2 heterocycles. The van der Waals surface area contributed by atoms with E-state index in [0.717, 1.165) is 51.0 Å². The molecule has 0 radical (unpaired) electrons. The lowest BCUT2D eigenvalue weighted by molar-refractivity contribution is 0.0993. The average Bonchev–Trinajstić information content (AvgIpc) is 2.66. The van der Waals surface area contributed by atoms with Crippen LogP contribution in [0.4, 0.5) is 4.79 Å². The predicted molar refractivity (Wildman–Crippen MR) is 97.7 cm³/mol. The third-order valence-corrected chi connectivity index (χ3v) is 4.86. The van der Waals surface area contributed by atoms with Gasteiger partial charge in [0.25, 0.3) is 0 Å². The third-order valence-electron chi connectivity index (χ3n) is 4.86. The van der Waals surface area contributed by atoms with Crippen LogP contribution in [0, 0.1) is 5.92 Å². The van der Waals surface area contributed by atoms with E-state index < -0.39 is 6.09 Å². The molecule has 1 fully saturated rings. The van der Waals surface area contributed by atoms with Crippen LogP contribution in [0.5, 0.6) is 0 Å². The van der Waals surface area contributed by atoms with E-state index in [1.807, 2.05) is 0 Å². The molecule has 2 atom stereocenters. The van der Waals surface area contributed by atoms with Gasteiger partial charge in [0.2, 0.25) is 0 Å². The van der Waals surface area contributed by atoms with Gasteiger partial charge in [-0.15, -0.1) is 0 Å². The van der Waals surface area contributed by atoms with Crippen LogP contribution in [0.2, 0.25) is 0 Å². The number of ether oxygens (including phenoxy) is 2. The molecule has 0 saturated carbocycles. The quantitative estimate of drug-likeness (QED) is 0.647. The number of allylic oxidation sites excluding steroid dienone is 3. The molecule has 0 aromatic heterocycles. The van der Waals surface area contributed by atoms with Crippen LogP contribution < -0.4 is 10.7 Å². The monoisotopic (exact) mass is 361 g/mol. The average molecular weight is 361 g/mol. The van der Waals surface area contributed by atoms with Crippen LogP contribution in [-0.2, 0) is 9.47 Å². The lowest BCUT2D eigenvalue weighted by Gasteiger charge is -2.33. The van der Waals surface area contributed by atoms with Gasteiger partial charge >= 0.3 is 6.09 Å². The number of hydrazine groups is 1. The van der Waals surface area contributed by atoms with Crippen molar-refractivity contribution in [2.24, 2.45) is 5.92 Å². The van der Waals surface area contributed by atoms with E-state index in [4.69, 9.17) is 14.6 Å². The van der Waals surface area contributed by atoms with Gasteiger partial charge in [0, 0.05) is 13.1 Å². The first-order valence-electron chi connectivity index (χ1n) is 9.20. The van der Waals surface area contributed by atoms with E-state index in [1.54, 1.807) is 17.5 Å². The zero-order valence-corrected chi connectivity index (χ0v) is 14.9. The highest BCUT2D eigenvalue weighted by atomic mass is 16.5. The van der Waals surface area contributed by atoms with Crippen LogP contribution >= 0.6 is 0 Å². The molecular formula is C19H27N3O4. The maximum Gasteiger partial charge on any atom is 0.419 e. The molecule has 0 bridgehead atoms. The first-order valence-corrected chi connectivity index (χ1v) is 9.20. The van der Waals surface area contributed by atoms with Crippen LogP contribution in [0.3, 0.4) is 0 Å².